The second-order valence-corrected chi connectivity index (χ2v) is 9.79. The number of tetrazole rings is 1. The molecule has 1 aliphatic rings. The first-order valence-corrected chi connectivity index (χ1v) is 13.3. The van der Waals surface area contributed by atoms with Crippen molar-refractivity contribution in [2.45, 2.75) is 12.6 Å². The van der Waals surface area contributed by atoms with Gasteiger partial charge in [0.1, 0.15) is 6.04 Å². The summed E-state index contributed by atoms with van der Waals surface area (Å²) in [5, 5.41) is 13.7. The Labute approximate surface area is 231 Å². The number of benzene rings is 3. The summed E-state index contributed by atoms with van der Waals surface area (Å²) in [5.41, 5.74) is 3.33. The number of para-hydroxylation sites is 1. The first-order valence-electron chi connectivity index (χ1n) is 13.3. The number of pyridine rings is 1. The Kier molecular flexibility index (Phi) is 7.15. The van der Waals surface area contributed by atoms with Crippen molar-refractivity contribution < 1.29 is 9.47 Å². The van der Waals surface area contributed by atoms with E-state index < -0.39 is 6.04 Å². The van der Waals surface area contributed by atoms with Gasteiger partial charge in [-0.15, -0.1) is 5.10 Å². The number of fused-ring (bicyclic) bond motifs is 1. The number of anilines is 1. The Morgan fingerprint density at radius 1 is 0.875 bits per heavy atom. The quantitative estimate of drug-likeness (QED) is 0.321. The van der Waals surface area contributed by atoms with E-state index in [0.29, 0.717) is 34.9 Å². The van der Waals surface area contributed by atoms with Crippen LogP contribution >= 0.6 is 0 Å². The summed E-state index contributed by atoms with van der Waals surface area (Å²) in [6, 6.07) is 25.6. The zero-order chi connectivity index (χ0) is 27.5. The maximum absolute atomic E-state index is 13.7. The first-order chi connectivity index (χ1) is 19.6. The second-order valence-electron chi connectivity index (χ2n) is 9.79. The average molecular weight is 538 g/mol. The van der Waals surface area contributed by atoms with E-state index in [-0.39, 0.29) is 5.56 Å². The van der Waals surface area contributed by atoms with Crippen LogP contribution in [0.3, 0.4) is 0 Å². The minimum Gasteiger partial charge on any atom is -0.493 e. The lowest BCUT2D eigenvalue weighted by Gasteiger charge is -2.39. The molecule has 3 heterocycles. The van der Waals surface area contributed by atoms with Gasteiger partial charge in [0, 0.05) is 48.9 Å². The summed E-state index contributed by atoms with van der Waals surface area (Å²) in [5.74, 6) is 1.77. The monoisotopic (exact) mass is 537 g/mol. The van der Waals surface area contributed by atoms with Gasteiger partial charge in [0.05, 0.1) is 26.3 Å². The lowest BCUT2D eigenvalue weighted by Crippen LogP contribution is -2.49. The van der Waals surface area contributed by atoms with Gasteiger partial charge in [0.25, 0.3) is 5.56 Å². The van der Waals surface area contributed by atoms with Crippen molar-refractivity contribution in [2.75, 3.05) is 45.3 Å². The molecular weight excluding hydrogens is 506 g/mol. The number of hydrogen-bond donors (Lipinski definition) is 1. The van der Waals surface area contributed by atoms with E-state index in [1.54, 1.807) is 25.0 Å². The Hall–Kier alpha value is -4.70. The second kappa shape index (κ2) is 11.2. The van der Waals surface area contributed by atoms with Crippen LogP contribution in [-0.2, 0) is 6.54 Å². The summed E-state index contributed by atoms with van der Waals surface area (Å²) >= 11 is 0. The molecular formula is C30H31N7O3. The van der Waals surface area contributed by atoms with Gasteiger partial charge in [-0.25, -0.2) is 4.68 Å². The van der Waals surface area contributed by atoms with E-state index in [4.69, 9.17) is 9.47 Å². The van der Waals surface area contributed by atoms with Gasteiger partial charge in [0.15, 0.2) is 17.3 Å². The molecule has 0 bridgehead atoms. The van der Waals surface area contributed by atoms with Gasteiger partial charge in [-0.3, -0.25) is 9.69 Å². The number of rotatable bonds is 8. The van der Waals surface area contributed by atoms with Crippen LogP contribution in [0.5, 0.6) is 11.5 Å². The molecule has 3 aromatic carbocycles. The molecule has 10 nitrogen and oxygen atoms in total. The molecule has 1 atom stereocenters. The maximum atomic E-state index is 13.7. The number of ether oxygens (including phenoxy) is 2. The van der Waals surface area contributed by atoms with Crippen LogP contribution < -0.4 is 19.9 Å². The van der Waals surface area contributed by atoms with E-state index in [1.165, 1.54) is 5.69 Å². The molecule has 0 aliphatic carbocycles. The summed E-state index contributed by atoms with van der Waals surface area (Å²) in [6.07, 6.45) is 0. The molecule has 0 amide bonds. The van der Waals surface area contributed by atoms with Crippen LogP contribution in [0.25, 0.3) is 10.9 Å². The zero-order valence-electron chi connectivity index (χ0n) is 22.5. The largest absolute Gasteiger partial charge is 0.493 e. The van der Waals surface area contributed by atoms with E-state index >= 15 is 0 Å². The van der Waals surface area contributed by atoms with Crippen LogP contribution in [-0.4, -0.2) is 70.5 Å². The highest BCUT2D eigenvalue weighted by Crippen LogP contribution is 2.34. The number of H-pyrrole nitrogens is 1. The topological polar surface area (TPSA) is 101 Å². The van der Waals surface area contributed by atoms with Crippen LogP contribution in [0.15, 0.2) is 83.7 Å². The number of nitrogens with one attached hydrogen (secondary N) is 1. The number of methoxy groups -OCH3 is 2. The smallest absolute Gasteiger partial charge is 0.253 e. The fourth-order valence-electron chi connectivity index (χ4n) is 5.41. The third kappa shape index (κ3) is 5.01. The molecule has 1 aliphatic heterocycles. The molecule has 0 unspecified atom stereocenters. The summed E-state index contributed by atoms with van der Waals surface area (Å²) in [4.78, 5) is 21.4. The van der Waals surface area contributed by atoms with Crippen LogP contribution in [0.1, 0.15) is 23.0 Å². The molecule has 1 N–H and O–H groups in total. The first kappa shape index (κ1) is 25.6. The number of hydrogen-bond acceptors (Lipinski definition) is 8. The molecule has 0 saturated carbocycles. The molecule has 0 radical (unpaired) electrons. The summed E-state index contributed by atoms with van der Waals surface area (Å²) in [7, 11) is 3.18. The highest BCUT2D eigenvalue weighted by atomic mass is 16.5. The Bertz CT molecular complexity index is 1650. The van der Waals surface area contributed by atoms with E-state index in [0.717, 1.165) is 37.1 Å². The highest BCUT2D eigenvalue weighted by Gasteiger charge is 2.33. The fourth-order valence-corrected chi connectivity index (χ4v) is 5.41. The van der Waals surface area contributed by atoms with Gasteiger partial charge in [0.2, 0.25) is 0 Å². The van der Waals surface area contributed by atoms with Crippen LogP contribution in [0.2, 0.25) is 0 Å². The van der Waals surface area contributed by atoms with Crippen molar-refractivity contribution in [2.24, 2.45) is 0 Å². The molecule has 204 valence electrons. The van der Waals surface area contributed by atoms with Crippen LogP contribution in [0, 0.1) is 0 Å². The van der Waals surface area contributed by atoms with Gasteiger partial charge in [-0.05, 0) is 40.3 Å². The fraction of sp³-hybridized carbons (Fsp3) is 0.267. The predicted molar refractivity (Wildman–Crippen MR) is 153 cm³/mol. The molecule has 40 heavy (non-hydrogen) atoms. The van der Waals surface area contributed by atoms with Crippen molar-refractivity contribution >= 4 is 16.6 Å². The minimum atomic E-state index is -0.446. The molecule has 5 aromatic rings. The average Bonchev–Trinajstić information content (AvgIpc) is 3.45. The van der Waals surface area contributed by atoms with E-state index in [2.05, 4.69) is 54.6 Å². The van der Waals surface area contributed by atoms with Crippen molar-refractivity contribution in [1.82, 2.24) is 30.1 Å². The Balaban J connectivity index is 1.41. The van der Waals surface area contributed by atoms with Gasteiger partial charge < -0.3 is 19.4 Å². The Morgan fingerprint density at radius 3 is 2.25 bits per heavy atom. The van der Waals surface area contributed by atoms with Crippen LogP contribution in [0.4, 0.5) is 5.69 Å². The van der Waals surface area contributed by atoms with Crippen molar-refractivity contribution in [1.29, 1.82) is 0 Å². The van der Waals surface area contributed by atoms with Gasteiger partial charge in [-0.1, -0.05) is 48.5 Å². The minimum absolute atomic E-state index is 0.190. The van der Waals surface area contributed by atoms with E-state index in [1.807, 2.05) is 48.5 Å². The number of piperazine rings is 1. The van der Waals surface area contributed by atoms with Crippen molar-refractivity contribution in [3.8, 4) is 11.5 Å². The number of nitrogens with zero attached hydrogens (tertiary/aromatic N) is 6. The number of aromatic amines is 1. The normalized spacial score (nSPS) is 14.8. The molecule has 6 rings (SSSR count). The third-order valence-electron chi connectivity index (χ3n) is 7.45. The molecule has 1 saturated heterocycles. The van der Waals surface area contributed by atoms with Gasteiger partial charge in [-0.2, -0.15) is 0 Å². The summed E-state index contributed by atoms with van der Waals surface area (Å²) in [6.45, 7) is 3.61. The van der Waals surface area contributed by atoms with Crippen molar-refractivity contribution in [3.63, 3.8) is 0 Å². The molecule has 0 spiro atoms. The predicted octanol–water partition coefficient (Wildman–Crippen LogP) is 3.49. The molecule has 1 fully saturated rings. The van der Waals surface area contributed by atoms with E-state index in [9.17, 15) is 4.79 Å². The Morgan fingerprint density at radius 2 is 1.55 bits per heavy atom. The molecule has 2 aromatic heterocycles. The third-order valence-corrected chi connectivity index (χ3v) is 7.45. The lowest BCUT2D eigenvalue weighted by atomic mass is 10.0. The lowest BCUT2D eigenvalue weighted by molar-refractivity contribution is 0.200. The standard InChI is InChI=1S/C30H31N7O3/c1-39-26-18-22-17-24(30(38)31-25(22)19-27(26)40-2)28(29-32-33-34-37(29)20-21-9-5-3-6-10-21)36-15-13-35(14-16-36)23-11-7-4-8-12-23/h3-12,17-19,28H,13-16,20H2,1-2H3,(H,31,38)/t28-/m0/s1. The number of aromatic nitrogens is 5. The highest BCUT2D eigenvalue weighted by molar-refractivity contribution is 5.83. The van der Waals surface area contributed by atoms with Crippen molar-refractivity contribution in [3.05, 3.63) is 106 Å². The summed E-state index contributed by atoms with van der Waals surface area (Å²) < 4.78 is 12.8. The zero-order valence-corrected chi connectivity index (χ0v) is 22.5. The molecule has 10 heteroatoms. The van der Waals surface area contributed by atoms with Gasteiger partial charge >= 0.3 is 0 Å². The SMILES string of the molecule is COc1cc2cc([C@@H](c3nnnn3Cc3ccccc3)N3CCN(c4ccccc4)CC3)c(=O)[nH]c2cc1OC. The maximum Gasteiger partial charge on any atom is 0.253 e.